The highest BCUT2D eigenvalue weighted by atomic mass is 35.5. The molecule has 0 saturated carbocycles. The highest BCUT2D eigenvalue weighted by Crippen LogP contribution is 2.32. The van der Waals surface area contributed by atoms with Crippen molar-refractivity contribution in [2.75, 3.05) is 14.2 Å². The number of fused-ring (bicyclic) bond motifs is 1. The molecule has 2 aromatic rings. The summed E-state index contributed by atoms with van der Waals surface area (Å²) in [5.74, 6) is 1.39. The third-order valence-corrected chi connectivity index (χ3v) is 4.93. The van der Waals surface area contributed by atoms with Crippen molar-refractivity contribution >= 4 is 35.0 Å². The molecule has 0 bridgehead atoms. The van der Waals surface area contributed by atoms with Gasteiger partial charge in [0, 0.05) is 11.6 Å². The van der Waals surface area contributed by atoms with Gasteiger partial charge in [0.1, 0.15) is 0 Å². The molecule has 0 amide bonds. The summed E-state index contributed by atoms with van der Waals surface area (Å²) in [5.41, 5.74) is 7.10. The smallest absolute Gasteiger partial charge is 0.161 e. The van der Waals surface area contributed by atoms with Crippen molar-refractivity contribution in [3.05, 3.63) is 63.1 Å². The number of methoxy groups -OCH3 is 2. The van der Waals surface area contributed by atoms with Crippen LogP contribution in [0.3, 0.4) is 0 Å². The van der Waals surface area contributed by atoms with Crippen LogP contribution in [0.15, 0.2) is 41.5 Å². The van der Waals surface area contributed by atoms with E-state index in [0.29, 0.717) is 21.5 Å². The molecule has 0 aliphatic carbocycles. The second kappa shape index (κ2) is 8.02. The minimum atomic E-state index is 0.211. The van der Waals surface area contributed by atoms with E-state index in [1.807, 2.05) is 36.4 Å². The summed E-state index contributed by atoms with van der Waals surface area (Å²) in [6.45, 7) is 2.09. The average Bonchev–Trinajstić information content (AvgIpc) is 2.79. The van der Waals surface area contributed by atoms with Crippen molar-refractivity contribution in [3.63, 3.8) is 0 Å². The number of nitrogens with one attached hydrogen (secondary N) is 1. The largest absolute Gasteiger partial charge is 0.493 e. The van der Waals surface area contributed by atoms with E-state index in [0.717, 1.165) is 28.8 Å². The molecule has 1 N–H and O–H groups in total. The normalized spacial score (nSPS) is 16.5. The molecule has 1 atom stereocenters. The number of hydrazone groups is 1. The van der Waals surface area contributed by atoms with E-state index in [1.165, 1.54) is 0 Å². The molecule has 136 valence electrons. The predicted molar refractivity (Wildman–Crippen MR) is 108 cm³/mol. The van der Waals surface area contributed by atoms with Gasteiger partial charge in [0.25, 0.3) is 0 Å². The molecule has 0 radical (unpaired) electrons. The second-order valence-electron chi connectivity index (χ2n) is 6.10. The van der Waals surface area contributed by atoms with Crippen molar-refractivity contribution < 1.29 is 9.47 Å². The monoisotopic (exact) mass is 390 g/mol. The topological polar surface area (TPSA) is 42.9 Å². The van der Waals surface area contributed by atoms with Crippen LogP contribution in [-0.4, -0.2) is 26.0 Å². The SMILES string of the molecule is COc1cc2c(cc1OC)C(C=Cc1ccc(Cl)c(Cl)c1)=NNC(C)C2. The van der Waals surface area contributed by atoms with Gasteiger partial charge in [-0.15, -0.1) is 0 Å². The van der Waals surface area contributed by atoms with Gasteiger partial charge in [-0.1, -0.05) is 35.3 Å². The first kappa shape index (κ1) is 18.6. The van der Waals surface area contributed by atoms with Gasteiger partial charge in [0.05, 0.1) is 30.0 Å². The molecule has 4 nitrogen and oxygen atoms in total. The minimum Gasteiger partial charge on any atom is -0.493 e. The van der Waals surface area contributed by atoms with Crippen molar-refractivity contribution in [2.45, 2.75) is 19.4 Å². The Morgan fingerprint density at radius 2 is 1.77 bits per heavy atom. The highest BCUT2D eigenvalue weighted by Gasteiger charge is 2.19. The lowest BCUT2D eigenvalue weighted by molar-refractivity contribution is 0.354. The van der Waals surface area contributed by atoms with E-state index in [9.17, 15) is 0 Å². The van der Waals surface area contributed by atoms with Crippen LogP contribution in [0.25, 0.3) is 6.08 Å². The van der Waals surface area contributed by atoms with E-state index in [1.54, 1.807) is 20.3 Å². The first-order valence-corrected chi connectivity index (χ1v) is 8.99. The molecule has 1 aliphatic rings. The summed E-state index contributed by atoms with van der Waals surface area (Å²) in [4.78, 5) is 0. The lowest BCUT2D eigenvalue weighted by Crippen LogP contribution is -2.21. The van der Waals surface area contributed by atoms with Gasteiger partial charge in [-0.2, -0.15) is 5.10 Å². The molecule has 1 unspecified atom stereocenters. The van der Waals surface area contributed by atoms with Crippen LogP contribution in [0.5, 0.6) is 11.5 Å². The van der Waals surface area contributed by atoms with Crippen LogP contribution in [-0.2, 0) is 6.42 Å². The van der Waals surface area contributed by atoms with Gasteiger partial charge in [-0.05, 0) is 54.8 Å². The number of allylic oxidation sites excluding steroid dienone is 1. The van der Waals surface area contributed by atoms with Crippen LogP contribution in [0.4, 0.5) is 0 Å². The molecule has 26 heavy (non-hydrogen) atoms. The molecule has 6 heteroatoms. The van der Waals surface area contributed by atoms with E-state index < -0.39 is 0 Å². The number of benzene rings is 2. The molecular formula is C20H20Cl2N2O2. The fraction of sp³-hybridized carbons (Fsp3) is 0.250. The van der Waals surface area contributed by atoms with Gasteiger partial charge in [0.15, 0.2) is 11.5 Å². The Balaban J connectivity index is 2.02. The molecule has 1 heterocycles. The minimum absolute atomic E-state index is 0.211. The van der Waals surface area contributed by atoms with E-state index in [4.69, 9.17) is 32.7 Å². The van der Waals surface area contributed by atoms with E-state index in [2.05, 4.69) is 17.5 Å². The lowest BCUT2D eigenvalue weighted by Gasteiger charge is -2.14. The van der Waals surface area contributed by atoms with Gasteiger partial charge in [0.2, 0.25) is 0 Å². The van der Waals surface area contributed by atoms with Crippen molar-refractivity contribution in [1.29, 1.82) is 0 Å². The number of halogens is 2. The fourth-order valence-electron chi connectivity index (χ4n) is 2.86. The standard InChI is InChI=1S/C20H20Cl2N2O2/c1-12-8-14-10-19(25-2)20(26-3)11-15(14)18(24-23-12)7-5-13-4-6-16(21)17(22)9-13/h4-7,9-12,23H,8H2,1-3H3. The Hall–Kier alpha value is -2.17. The zero-order valence-corrected chi connectivity index (χ0v) is 16.4. The molecule has 0 spiro atoms. The van der Waals surface area contributed by atoms with Gasteiger partial charge in [-0.3, -0.25) is 0 Å². The lowest BCUT2D eigenvalue weighted by atomic mass is 9.97. The van der Waals surface area contributed by atoms with Crippen LogP contribution in [0, 0.1) is 0 Å². The second-order valence-corrected chi connectivity index (χ2v) is 6.92. The van der Waals surface area contributed by atoms with Crippen LogP contribution < -0.4 is 14.9 Å². The van der Waals surface area contributed by atoms with Crippen LogP contribution in [0.1, 0.15) is 23.6 Å². The predicted octanol–water partition coefficient (Wildman–Crippen LogP) is 4.96. The van der Waals surface area contributed by atoms with Crippen molar-refractivity contribution in [3.8, 4) is 11.5 Å². The van der Waals surface area contributed by atoms with Gasteiger partial charge >= 0.3 is 0 Å². The first-order chi connectivity index (χ1) is 12.5. The summed E-state index contributed by atoms with van der Waals surface area (Å²) < 4.78 is 10.9. The number of ether oxygens (including phenoxy) is 2. The maximum atomic E-state index is 6.10. The van der Waals surface area contributed by atoms with E-state index >= 15 is 0 Å². The maximum absolute atomic E-state index is 6.10. The quantitative estimate of drug-likeness (QED) is 0.801. The summed E-state index contributed by atoms with van der Waals surface area (Å²) in [6, 6.07) is 9.70. The molecular weight excluding hydrogens is 371 g/mol. The number of hydrogen-bond donors (Lipinski definition) is 1. The summed E-state index contributed by atoms with van der Waals surface area (Å²) >= 11 is 12.1. The third-order valence-electron chi connectivity index (χ3n) is 4.19. The molecule has 3 rings (SSSR count). The zero-order chi connectivity index (χ0) is 18.7. The number of rotatable bonds is 4. The van der Waals surface area contributed by atoms with Gasteiger partial charge < -0.3 is 14.9 Å². The zero-order valence-electron chi connectivity index (χ0n) is 14.8. The highest BCUT2D eigenvalue weighted by molar-refractivity contribution is 6.42. The van der Waals surface area contributed by atoms with E-state index in [-0.39, 0.29) is 6.04 Å². The summed E-state index contributed by atoms with van der Waals surface area (Å²) in [6.07, 6.45) is 4.75. The number of nitrogens with zero attached hydrogens (tertiary/aromatic N) is 1. The Labute approximate surface area is 163 Å². The summed E-state index contributed by atoms with van der Waals surface area (Å²) in [7, 11) is 3.27. The Morgan fingerprint density at radius 3 is 2.46 bits per heavy atom. The maximum Gasteiger partial charge on any atom is 0.161 e. The number of hydrogen-bond acceptors (Lipinski definition) is 4. The average molecular weight is 391 g/mol. The molecule has 1 aliphatic heterocycles. The molecule has 0 fully saturated rings. The van der Waals surface area contributed by atoms with Crippen molar-refractivity contribution in [1.82, 2.24) is 5.43 Å². The van der Waals surface area contributed by atoms with Gasteiger partial charge in [-0.25, -0.2) is 0 Å². The van der Waals surface area contributed by atoms with Crippen LogP contribution >= 0.6 is 23.2 Å². The Morgan fingerprint density at radius 1 is 1.04 bits per heavy atom. The third kappa shape index (κ3) is 3.97. The fourth-order valence-corrected chi connectivity index (χ4v) is 3.17. The molecule has 2 aromatic carbocycles. The first-order valence-electron chi connectivity index (χ1n) is 8.23. The molecule has 0 aromatic heterocycles. The Bertz CT molecular complexity index is 878. The van der Waals surface area contributed by atoms with Crippen LogP contribution in [0.2, 0.25) is 10.0 Å². The molecule has 0 saturated heterocycles. The Kier molecular flexibility index (Phi) is 5.74. The summed E-state index contributed by atoms with van der Waals surface area (Å²) in [5, 5.41) is 5.61. The van der Waals surface area contributed by atoms with Crippen molar-refractivity contribution in [2.24, 2.45) is 5.10 Å².